The molecule has 2 aliphatic rings. The predicted octanol–water partition coefficient (Wildman–Crippen LogP) is -1.36. The molecule has 0 bridgehead atoms. The molecule has 2 fully saturated rings. The zero-order valence-corrected chi connectivity index (χ0v) is 9.50. The van der Waals surface area contributed by atoms with Gasteiger partial charge in [0.2, 0.25) is 5.91 Å². The van der Waals surface area contributed by atoms with Crippen molar-refractivity contribution in [2.24, 2.45) is 5.92 Å². The first-order chi connectivity index (χ1) is 8.02. The molecule has 0 aromatic carbocycles. The molecule has 0 radical (unpaired) electrons. The summed E-state index contributed by atoms with van der Waals surface area (Å²) in [6, 6.07) is -0.510. The Morgan fingerprint density at radius 2 is 2.24 bits per heavy atom. The number of urea groups is 1. The second-order valence-electron chi connectivity index (χ2n) is 4.46. The Morgan fingerprint density at radius 3 is 2.82 bits per heavy atom. The molecular weight excluding hydrogens is 228 g/mol. The van der Waals surface area contributed by atoms with Gasteiger partial charge in [-0.25, -0.2) is 4.79 Å². The van der Waals surface area contributed by atoms with Gasteiger partial charge < -0.3 is 14.9 Å². The van der Waals surface area contributed by atoms with Crippen molar-refractivity contribution >= 4 is 11.9 Å². The van der Waals surface area contributed by atoms with Gasteiger partial charge in [-0.3, -0.25) is 15.0 Å². The standard InChI is InChI=1S/C10H16N2O5/c1-5-3-12(10(16)11-9(5)15)8-2-6(14)7(4-13)17-8/h5-8,13-14H,2-4H2,1H3,(H,11,15,16)/t5?,6-,7+,8+/m0/s1. The van der Waals surface area contributed by atoms with Crippen molar-refractivity contribution in [3.8, 4) is 0 Å². The third-order valence-corrected chi connectivity index (χ3v) is 3.14. The number of carbonyl (C=O) groups excluding carboxylic acids is 2. The summed E-state index contributed by atoms with van der Waals surface area (Å²) in [5.41, 5.74) is 0. The van der Waals surface area contributed by atoms with Crippen LogP contribution in [0, 0.1) is 5.92 Å². The summed E-state index contributed by atoms with van der Waals surface area (Å²) < 4.78 is 5.37. The largest absolute Gasteiger partial charge is 0.394 e. The summed E-state index contributed by atoms with van der Waals surface area (Å²) in [6.45, 7) is 1.69. The lowest BCUT2D eigenvalue weighted by molar-refractivity contribution is -0.128. The molecule has 0 aromatic rings. The summed E-state index contributed by atoms with van der Waals surface area (Å²) in [4.78, 5) is 24.2. The van der Waals surface area contributed by atoms with E-state index in [4.69, 9.17) is 9.84 Å². The fraction of sp³-hybridized carbons (Fsp3) is 0.800. The first-order valence-corrected chi connectivity index (χ1v) is 5.58. The van der Waals surface area contributed by atoms with E-state index in [1.165, 1.54) is 4.90 Å². The molecule has 0 aromatic heterocycles. The van der Waals surface area contributed by atoms with E-state index >= 15 is 0 Å². The van der Waals surface area contributed by atoms with Crippen LogP contribution >= 0.6 is 0 Å². The monoisotopic (exact) mass is 244 g/mol. The molecule has 3 N–H and O–H groups in total. The van der Waals surface area contributed by atoms with E-state index in [2.05, 4.69) is 5.32 Å². The minimum atomic E-state index is -0.786. The molecule has 17 heavy (non-hydrogen) atoms. The van der Waals surface area contributed by atoms with E-state index in [0.717, 1.165) is 0 Å². The third-order valence-electron chi connectivity index (χ3n) is 3.14. The second-order valence-corrected chi connectivity index (χ2v) is 4.46. The van der Waals surface area contributed by atoms with Gasteiger partial charge in [0.25, 0.3) is 0 Å². The molecule has 7 nitrogen and oxygen atoms in total. The van der Waals surface area contributed by atoms with Crippen LogP contribution in [0.25, 0.3) is 0 Å². The molecule has 3 amide bonds. The van der Waals surface area contributed by atoms with Crippen molar-refractivity contribution in [2.75, 3.05) is 13.2 Å². The molecule has 1 unspecified atom stereocenters. The van der Waals surface area contributed by atoms with Gasteiger partial charge in [-0.05, 0) is 0 Å². The van der Waals surface area contributed by atoms with Gasteiger partial charge in [-0.2, -0.15) is 0 Å². The maximum absolute atomic E-state index is 11.6. The lowest BCUT2D eigenvalue weighted by Gasteiger charge is -2.34. The Labute approximate surface area is 98.3 Å². The topological polar surface area (TPSA) is 99.1 Å². The van der Waals surface area contributed by atoms with E-state index in [1.54, 1.807) is 6.92 Å². The Bertz CT molecular complexity index is 335. The number of ether oxygens (including phenoxy) is 1. The van der Waals surface area contributed by atoms with Crippen molar-refractivity contribution in [1.82, 2.24) is 10.2 Å². The highest BCUT2D eigenvalue weighted by atomic mass is 16.5. The van der Waals surface area contributed by atoms with Crippen molar-refractivity contribution in [1.29, 1.82) is 0 Å². The number of rotatable bonds is 2. The van der Waals surface area contributed by atoms with Crippen LogP contribution in [0.2, 0.25) is 0 Å². The summed E-state index contributed by atoms with van der Waals surface area (Å²) in [5, 5.41) is 20.8. The molecule has 2 heterocycles. The van der Waals surface area contributed by atoms with Crippen LogP contribution in [0.3, 0.4) is 0 Å². The summed E-state index contributed by atoms with van der Waals surface area (Å²) in [7, 11) is 0. The first kappa shape index (κ1) is 12.3. The van der Waals surface area contributed by atoms with Gasteiger partial charge in [0, 0.05) is 13.0 Å². The zero-order valence-electron chi connectivity index (χ0n) is 9.50. The number of carbonyl (C=O) groups is 2. The van der Waals surface area contributed by atoms with Gasteiger partial charge in [0.1, 0.15) is 12.3 Å². The summed E-state index contributed by atoms with van der Waals surface area (Å²) in [5.74, 6) is -0.606. The average molecular weight is 244 g/mol. The van der Waals surface area contributed by atoms with E-state index in [-0.39, 0.29) is 31.4 Å². The smallest absolute Gasteiger partial charge is 0.326 e. The first-order valence-electron chi connectivity index (χ1n) is 5.58. The van der Waals surface area contributed by atoms with Crippen LogP contribution in [0.1, 0.15) is 13.3 Å². The van der Waals surface area contributed by atoms with E-state index in [0.29, 0.717) is 0 Å². The zero-order chi connectivity index (χ0) is 12.6. The quantitative estimate of drug-likeness (QED) is 0.557. The Kier molecular flexibility index (Phi) is 3.32. The molecular formula is C10H16N2O5. The maximum Gasteiger partial charge on any atom is 0.326 e. The second kappa shape index (κ2) is 4.59. The highest BCUT2D eigenvalue weighted by molar-refractivity contribution is 5.97. The van der Waals surface area contributed by atoms with Crippen molar-refractivity contribution in [3.05, 3.63) is 0 Å². The maximum atomic E-state index is 11.6. The van der Waals surface area contributed by atoms with Crippen LogP contribution in [-0.2, 0) is 9.53 Å². The van der Waals surface area contributed by atoms with Gasteiger partial charge >= 0.3 is 6.03 Å². The molecule has 2 rings (SSSR count). The normalized spacial score (nSPS) is 38.4. The Morgan fingerprint density at radius 1 is 1.53 bits per heavy atom. The summed E-state index contributed by atoms with van der Waals surface area (Å²) in [6.07, 6.45) is -1.79. The van der Waals surface area contributed by atoms with Gasteiger partial charge in [-0.15, -0.1) is 0 Å². The fourth-order valence-electron chi connectivity index (χ4n) is 2.08. The predicted molar refractivity (Wildman–Crippen MR) is 55.8 cm³/mol. The summed E-state index contributed by atoms with van der Waals surface area (Å²) >= 11 is 0. The molecule has 0 aliphatic carbocycles. The van der Waals surface area contributed by atoms with Crippen LogP contribution in [0.4, 0.5) is 4.79 Å². The number of nitrogens with zero attached hydrogens (tertiary/aromatic N) is 1. The number of hydrogen-bond acceptors (Lipinski definition) is 5. The van der Waals surface area contributed by atoms with Gasteiger partial charge in [0.05, 0.1) is 18.6 Å². The van der Waals surface area contributed by atoms with Crippen LogP contribution in [0.5, 0.6) is 0 Å². The number of aliphatic hydroxyl groups is 2. The lowest BCUT2D eigenvalue weighted by atomic mass is 10.1. The molecule has 0 saturated carbocycles. The van der Waals surface area contributed by atoms with E-state index in [9.17, 15) is 14.7 Å². The minimum Gasteiger partial charge on any atom is -0.394 e. The lowest BCUT2D eigenvalue weighted by Crippen LogP contribution is -2.57. The highest BCUT2D eigenvalue weighted by Crippen LogP contribution is 2.25. The van der Waals surface area contributed by atoms with E-state index in [1.807, 2.05) is 0 Å². The van der Waals surface area contributed by atoms with Crippen molar-refractivity contribution < 1.29 is 24.5 Å². The van der Waals surface area contributed by atoms with Crippen molar-refractivity contribution in [3.63, 3.8) is 0 Å². The molecule has 4 atom stereocenters. The van der Waals surface area contributed by atoms with Gasteiger partial charge in [-0.1, -0.05) is 6.92 Å². The third kappa shape index (κ3) is 2.26. The molecule has 2 aliphatic heterocycles. The number of aliphatic hydroxyl groups excluding tert-OH is 2. The van der Waals surface area contributed by atoms with Crippen LogP contribution < -0.4 is 5.32 Å². The average Bonchev–Trinajstić information content (AvgIpc) is 2.65. The molecule has 0 spiro atoms. The van der Waals surface area contributed by atoms with Gasteiger partial charge in [0.15, 0.2) is 0 Å². The number of imide groups is 1. The van der Waals surface area contributed by atoms with E-state index < -0.39 is 24.5 Å². The Balaban J connectivity index is 2.03. The Hall–Kier alpha value is -1.18. The van der Waals surface area contributed by atoms with Crippen LogP contribution in [-0.4, -0.2) is 58.6 Å². The number of hydrogen-bond donors (Lipinski definition) is 3. The molecule has 96 valence electrons. The van der Waals surface area contributed by atoms with Crippen LogP contribution in [0.15, 0.2) is 0 Å². The number of nitrogens with one attached hydrogen (secondary N) is 1. The number of amides is 3. The molecule has 2 saturated heterocycles. The SMILES string of the molecule is CC1CN([C@H]2C[C@H](O)[C@@H](CO)O2)C(=O)NC1=O. The molecule has 7 heteroatoms. The highest BCUT2D eigenvalue weighted by Gasteiger charge is 2.41. The fourth-order valence-corrected chi connectivity index (χ4v) is 2.08. The minimum absolute atomic E-state index is 0.250. The van der Waals surface area contributed by atoms with Crippen molar-refractivity contribution in [2.45, 2.75) is 31.8 Å².